The van der Waals surface area contributed by atoms with E-state index in [2.05, 4.69) is 18.0 Å². The average molecular weight is 283 g/mol. The van der Waals surface area contributed by atoms with Crippen molar-refractivity contribution >= 4 is 5.78 Å². The monoisotopic (exact) mass is 283 g/mol. The summed E-state index contributed by atoms with van der Waals surface area (Å²) in [5.41, 5.74) is 2.09. The van der Waals surface area contributed by atoms with Crippen molar-refractivity contribution in [2.24, 2.45) is 5.92 Å². The lowest BCUT2D eigenvalue weighted by molar-refractivity contribution is -0.127. The molecule has 0 aromatic heterocycles. The van der Waals surface area contributed by atoms with E-state index in [0.29, 0.717) is 17.7 Å². The van der Waals surface area contributed by atoms with Gasteiger partial charge in [-0.05, 0) is 44.1 Å². The van der Waals surface area contributed by atoms with Crippen molar-refractivity contribution < 1.29 is 14.6 Å². The molecule has 2 aliphatic heterocycles. The molecule has 2 aliphatic carbocycles. The summed E-state index contributed by atoms with van der Waals surface area (Å²) in [6.07, 6.45) is 5.19. The molecule has 21 heavy (non-hydrogen) atoms. The van der Waals surface area contributed by atoms with E-state index in [1.165, 1.54) is 5.56 Å². The third-order valence-corrected chi connectivity index (χ3v) is 6.00. The van der Waals surface area contributed by atoms with E-state index in [-0.39, 0.29) is 16.9 Å². The van der Waals surface area contributed by atoms with Crippen molar-refractivity contribution in [3.8, 4) is 11.5 Å². The number of aromatic hydroxyl groups is 1. The number of hydrogen-bond acceptors (Lipinski definition) is 4. The third kappa shape index (κ3) is 1.16. The van der Waals surface area contributed by atoms with Crippen LogP contribution in [-0.2, 0) is 16.6 Å². The van der Waals surface area contributed by atoms with Gasteiger partial charge in [0.25, 0.3) is 0 Å². The van der Waals surface area contributed by atoms with Gasteiger partial charge in [-0.25, -0.2) is 0 Å². The number of carbonyl (C=O) groups excluding carboxylic acids is 1. The van der Waals surface area contributed by atoms with Crippen LogP contribution in [0.2, 0.25) is 0 Å². The van der Waals surface area contributed by atoms with Gasteiger partial charge in [-0.1, -0.05) is 12.1 Å². The van der Waals surface area contributed by atoms with Gasteiger partial charge in [0.15, 0.2) is 23.4 Å². The second kappa shape index (κ2) is 3.50. The van der Waals surface area contributed by atoms with Crippen LogP contribution in [0, 0.1) is 5.92 Å². The zero-order valence-corrected chi connectivity index (χ0v) is 11.9. The standard InChI is InChI=1S/C17H17NO3/c1-18-7-6-17-10-3-5-13(20)16(17)21-15-12(19)4-2-9(14(15)17)8-11(10)18/h2-5,10-11,16,19H,6-8H2,1H3. The normalized spacial score (nSPS) is 39.1. The van der Waals surface area contributed by atoms with Crippen molar-refractivity contribution in [3.63, 3.8) is 0 Å². The summed E-state index contributed by atoms with van der Waals surface area (Å²) < 4.78 is 5.99. The van der Waals surface area contributed by atoms with E-state index < -0.39 is 6.10 Å². The van der Waals surface area contributed by atoms with Gasteiger partial charge >= 0.3 is 0 Å². The molecule has 1 aromatic rings. The minimum Gasteiger partial charge on any atom is -0.504 e. The lowest BCUT2D eigenvalue weighted by atomic mass is 9.53. The Balaban J connectivity index is 1.87. The molecular weight excluding hydrogens is 266 g/mol. The van der Waals surface area contributed by atoms with E-state index in [9.17, 15) is 9.90 Å². The number of likely N-dealkylation sites (tertiary alicyclic amines) is 1. The minimum atomic E-state index is -0.453. The Morgan fingerprint density at radius 2 is 2.29 bits per heavy atom. The number of ether oxygens (including phenoxy) is 1. The first-order valence-corrected chi connectivity index (χ1v) is 7.57. The van der Waals surface area contributed by atoms with Crippen LogP contribution < -0.4 is 4.74 Å². The van der Waals surface area contributed by atoms with E-state index >= 15 is 0 Å². The van der Waals surface area contributed by atoms with Gasteiger partial charge in [-0.2, -0.15) is 0 Å². The molecule has 0 radical (unpaired) electrons. The molecule has 1 fully saturated rings. The van der Waals surface area contributed by atoms with Crippen molar-refractivity contribution in [1.82, 2.24) is 4.90 Å². The number of likely N-dealkylation sites (N-methyl/N-ethyl adjacent to an activating group) is 1. The van der Waals surface area contributed by atoms with Crippen molar-refractivity contribution in [2.45, 2.75) is 30.4 Å². The number of rotatable bonds is 0. The molecule has 4 atom stereocenters. The van der Waals surface area contributed by atoms with Crippen LogP contribution in [0.3, 0.4) is 0 Å². The number of piperidine rings is 1. The topological polar surface area (TPSA) is 49.8 Å². The molecule has 0 amide bonds. The van der Waals surface area contributed by atoms with Crippen LogP contribution in [0.1, 0.15) is 17.5 Å². The Labute approximate surface area is 123 Å². The Morgan fingerprint density at radius 3 is 3.14 bits per heavy atom. The van der Waals surface area contributed by atoms with Gasteiger partial charge in [0, 0.05) is 17.5 Å². The maximum absolute atomic E-state index is 12.4. The first-order valence-electron chi connectivity index (χ1n) is 7.57. The van der Waals surface area contributed by atoms with Crippen molar-refractivity contribution in [1.29, 1.82) is 0 Å². The molecule has 1 aromatic carbocycles. The number of benzene rings is 1. The summed E-state index contributed by atoms with van der Waals surface area (Å²) in [5.74, 6) is 1.07. The molecule has 1 spiro atoms. The largest absolute Gasteiger partial charge is 0.504 e. The van der Waals surface area contributed by atoms with Crippen LogP contribution in [-0.4, -0.2) is 41.5 Å². The van der Waals surface area contributed by atoms with Crippen LogP contribution in [0.15, 0.2) is 24.3 Å². The second-order valence-electron chi connectivity index (χ2n) is 6.78. The predicted octanol–water partition coefficient (Wildman–Crippen LogP) is 1.41. The molecule has 5 rings (SSSR count). The molecule has 4 unspecified atom stereocenters. The van der Waals surface area contributed by atoms with Crippen LogP contribution in [0.25, 0.3) is 0 Å². The summed E-state index contributed by atoms with van der Waals surface area (Å²) in [6, 6.07) is 4.13. The Bertz CT molecular complexity index is 710. The van der Waals surface area contributed by atoms with E-state index in [0.717, 1.165) is 24.9 Å². The highest BCUT2D eigenvalue weighted by atomic mass is 16.5. The number of nitrogens with zero attached hydrogens (tertiary/aromatic N) is 1. The predicted molar refractivity (Wildman–Crippen MR) is 76.6 cm³/mol. The maximum Gasteiger partial charge on any atom is 0.196 e. The van der Waals surface area contributed by atoms with Crippen LogP contribution in [0.5, 0.6) is 11.5 Å². The minimum absolute atomic E-state index is 0.0398. The lowest BCUT2D eigenvalue weighted by Crippen LogP contribution is -2.64. The van der Waals surface area contributed by atoms with Gasteiger partial charge in [-0.15, -0.1) is 0 Å². The summed E-state index contributed by atoms with van der Waals surface area (Å²) in [7, 11) is 2.17. The number of phenols is 1. The van der Waals surface area contributed by atoms with Gasteiger partial charge in [0.2, 0.25) is 0 Å². The fraction of sp³-hybridized carbons (Fsp3) is 0.471. The highest BCUT2D eigenvalue weighted by Crippen LogP contribution is 2.61. The molecular formula is C17H17NO3. The number of carbonyl (C=O) groups is 1. The second-order valence-corrected chi connectivity index (χ2v) is 6.78. The zero-order valence-electron chi connectivity index (χ0n) is 11.9. The fourth-order valence-corrected chi connectivity index (χ4v) is 5.08. The SMILES string of the molecule is CN1CCC23c4c5ccc(O)c4OC2C(=O)C=CC3C1C5. The fourth-order valence-electron chi connectivity index (χ4n) is 5.08. The first kappa shape index (κ1) is 11.8. The molecule has 1 N–H and O–H groups in total. The number of hydrogen-bond donors (Lipinski definition) is 1. The van der Waals surface area contributed by atoms with Gasteiger partial charge in [-0.3, -0.25) is 4.79 Å². The summed E-state index contributed by atoms with van der Waals surface area (Å²) in [5, 5.41) is 10.2. The highest BCUT2D eigenvalue weighted by molar-refractivity contribution is 5.98. The molecule has 4 aliphatic rings. The Morgan fingerprint density at radius 1 is 1.43 bits per heavy atom. The van der Waals surface area contributed by atoms with E-state index in [4.69, 9.17) is 4.74 Å². The number of ketones is 1. The van der Waals surface area contributed by atoms with Crippen LogP contribution >= 0.6 is 0 Å². The van der Waals surface area contributed by atoms with Gasteiger partial charge < -0.3 is 14.7 Å². The first-order chi connectivity index (χ1) is 10.1. The average Bonchev–Trinajstić information content (AvgIpc) is 2.83. The van der Waals surface area contributed by atoms with Crippen molar-refractivity contribution in [3.05, 3.63) is 35.4 Å². The molecule has 4 heteroatoms. The molecule has 2 heterocycles. The summed E-state index contributed by atoms with van der Waals surface area (Å²) in [4.78, 5) is 14.8. The summed E-state index contributed by atoms with van der Waals surface area (Å²) in [6.45, 7) is 0.969. The lowest BCUT2D eigenvalue weighted by Gasteiger charge is -2.55. The van der Waals surface area contributed by atoms with Gasteiger partial charge in [0.1, 0.15) is 0 Å². The van der Waals surface area contributed by atoms with Gasteiger partial charge in [0.05, 0.1) is 5.41 Å². The van der Waals surface area contributed by atoms with Crippen LogP contribution in [0.4, 0.5) is 0 Å². The third-order valence-electron chi connectivity index (χ3n) is 6.00. The highest BCUT2D eigenvalue weighted by Gasteiger charge is 2.64. The smallest absolute Gasteiger partial charge is 0.196 e. The quantitative estimate of drug-likeness (QED) is 0.782. The molecule has 4 nitrogen and oxygen atoms in total. The maximum atomic E-state index is 12.4. The summed E-state index contributed by atoms with van der Waals surface area (Å²) >= 11 is 0. The van der Waals surface area contributed by atoms with E-state index in [1.807, 2.05) is 6.07 Å². The van der Waals surface area contributed by atoms with Crippen molar-refractivity contribution in [2.75, 3.05) is 13.6 Å². The number of phenolic OH excluding ortho intramolecular Hbond substituents is 1. The zero-order chi connectivity index (χ0) is 14.4. The Kier molecular flexibility index (Phi) is 1.97. The molecule has 0 saturated carbocycles. The molecule has 2 bridgehead atoms. The molecule has 108 valence electrons. The van der Waals surface area contributed by atoms with E-state index in [1.54, 1.807) is 12.1 Å². The Hall–Kier alpha value is -1.81. The molecule has 1 saturated heterocycles.